The Hall–Kier alpha value is -1.35. The van der Waals surface area contributed by atoms with Crippen molar-refractivity contribution in [2.45, 2.75) is 39.5 Å². The van der Waals surface area contributed by atoms with Crippen LogP contribution in [-0.2, 0) is 12.8 Å². The van der Waals surface area contributed by atoms with Gasteiger partial charge in [0.25, 0.3) is 0 Å². The molecule has 3 nitrogen and oxygen atoms in total. The molecule has 0 radical (unpaired) electrons. The summed E-state index contributed by atoms with van der Waals surface area (Å²) in [6, 6.07) is 6.56. The zero-order valence-electron chi connectivity index (χ0n) is 12.6. The molecule has 1 aliphatic heterocycles. The summed E-state index contributed by atoms with van der Waals surface area (Å²) in [6.45, 7) is 6.91. The van der Waals surface area contributed by atoms with Crippen LogP contribution in [0.15, 0.2) is 18.2 Å². The first kappa shape index (κ1) is 13.6. The van der Waals surface area contributed by atoms with E-state index in [0.717, 1.165) is 30.1 Å². The Labute approximate surface area is 121 Å². The summed E-state index contributed by atoms with van der Waals surface area (Å²) in [5.41, 5.74) is 3.66. The van der Waals surface area contributed by atoms with Gasteiger partial charge in [-0.05, 0) is 61.9 Å². The van der Waals surface area contributed by atoms with Crippen LogP contribution in [0.3, 0.4) is 0 Å². The summed E-state index contributed by atoms with van der Waals surface area (Å²) in [7, 11) is 0. The Morgan fingerprint density at radius 2 is 2.30 bits per heavy atom. The first-order valence-corrected chi connectivity index (χ1v) is 7.94. The first-order chi connectivity index (χ1) is 9.76. The zero-order chi connectivity index (χ0) is 13.9. The minimum Gasteiger partial charge on any atom is -0.342 e. The van der Waals surface area contributed by atoms with Gasteiger partial charge in [0, 0.05) is 6.42 Å². The van der Waals surface area contributed by atoms with E-state index in [4.69, 9.17) is 4.98 Å². The van der Waals surface area contributed by atoms with Gasteiger partial charge in [-0.3, -0.25) is 0 Å². The topological polar surface area (TPSA) is 40.7 Å². The van der Waals surface area contributed by atoms with Crippen molar-refractivity contribution in [1.82, 2.24) is 15.3 Å². The molecular formula is C17H25N3. The van der Waals surface area contributed by atoms with Crippen LogP contribution in [0.1, 0.15) is 38.1 Å². The Morgan fingerprint density at radius 3 is 3.05 bits per heavy atom. The van der Waals surface area contributed by atoms with Gasteiger partial charge in [0.05, 0.1) is 11.0 Å². The molecule has 0 bridgehead atoms. The van der Waals surface area contributed by atoms with Crippen LogP contribution in [0.5, 0.6) is 0 Å². The lowest BCUT2D eigenvalue weighted by molar-refractivity contribution is 0.276. The number of aromatic amines is 1. The Balaban J connectivity index is 1.73. The van der Waals surface area contributed by atoms with Gasteiger partial charge in [-0.15, -0.1) is 0 Å². The van der Waals surface area contributed by atoms with Gasteiger partial charge in [0.2, 0.25) is 0 Å². The van der Waals surface area contributed by atoms with Gasteiger partial charge in [0.1, 0.15) is 5.82 Å². The van der Waals surface area contributed by atoms with Gasteiger partial charge in [-0.2, -0.15) is 0 Å². The number of imidazole rings is 1. The summed E-state index contributed by atoms with van der Waals surface area (Å²) in [5.74, 6) is 2.63. The van der Waals surface area contributed by atoms with Crippen molar-refractivity contribution in [3.63, 3.8) is 0 Å². The summed E-state index contributed by atoms with van der Waals surface area (Å²) in [6.07, 6.45) is 4.81. The third kappa shape index (κ3) is 2.88. The van der Waals surface area contributed by atoms with Gasteiger partial charge in [0.15, 0.2) is 0 Å². The number of nitrogens with one attached hydrogen (secondary N) is 2. The average molecular weight is 271 g/mol. The van der Waals surface area contributed by atoms with Crippen LogP contribution in [0.2, 0.25) is 0 Å². The maximum atomic E-state index is 4.75. The highest BCUT2D eigenvalue weighted by Gasteiger charge is 2.21. The molecule has 108 valence electrons. The van der Waals surface area contributed by atoms with Crippen molar-refractivity contribution in [3.8, 4) is 0 Å². The standard InChI is InChI=1S/C17H25N3/c1-3-13-6-7-15-16(10-13)20-17(19-15)9-12(2)14-5-4-8-18-11-14/h6-7,10,12,14,18H,3-5,8-9,11H2,1-2H3,(H,19,20). The Morgan fingerprint density at radius 1 is 1.40 bits per heavy atom. The highest BCUT2D eigenvalue weighted by molar-refractivity contribution is 5.75. The fourth-order valence-electron chi connectivity index (χ4n) is 3.26. The van der Waals surface area contributed by atoms with E-state index in [0.29, 0.717) is 5.92 Å². The van der Waals surface area contributed by atoms with Crippen molar-refractivity contribution in [3.05, 3.63) is 29.6 Å². The molecule has 1 aromatic carbocycles. The number of piperidine rings is 1. The molecule has 3 rings (SSSR count). The highest BCUT2D eigenvalue weighted by Crippen LogP contribution is 2.23. The normalized spacial score (nSPS) is 21.2. The summed E-state index contributed by atoms with van der Waals surface area (Å²) < 4.78 is 0. The van der Waals surface area contributed by atoms with Crippen LogP contribution in [0.4, 0.5) is 0 Å². The van der Waals surface area contributed by atoms with E-state index in [2.05, 4.69) is 42.3 Å². The smallest absolute Gasteiger partial charge is 0.107 e. The molecule has 2 aromatic rings. The number of aryl methyl sites for hydroxylation is 1. The maximum Gasteiger partial charge on any atom is 0.107 e. The van der Waals surface area contributed by atoms with E-state index in [1.54, 1.807) is 0 Å². The average Bonchev–Trinajstić information content (AvgIpc) is 2.89. The van der Waals surface area contributed by atoms with Crippen molar-refractivity contribution in [2.24, 2.45) is 11.8 Å². The largest absolute Gasteiger partial charge is 0.342 e. The number of aromatic nitrogens is 2. The lowest BCUT2D eigenvalue weighted by atomic mass is 9.85. The molecule has 1 saturated heterocycles. The fraction of sp³-hybridized carbons (Fsp3) is 0.588. The third-order valence-electron chi connectivity index (χ3n) is 4.66. The van der Waals surface area contributed by atoms with E-state index >= 15 is 0 Å². The first-order valence-electron chi connectivity index (χ1n) is 7.94. The number of benzene rings is 1. The molecule has 0 spiro atoms. The van der Waals surface area contributed by atoms with Crippen molar-refractivity contribution < 1.29 is 0 Å². The Kier molecular flexibility index (Phi) is 4.06. The Bertz CT molecular complexity index is 567. The highest BCUT2D eigenvalue weighted by atomic mass is 14.9. The molecule has 1 aliphatic rings. The van der Waals surface area contributed by atoms with Crippen LogP contribution in [-0.4, -0.2) is 23.1 Å². The summed E-state index contributed by atoms with van der Waals surface area (Å²) in [5, 5.41) is 3.51. The molecule has 1 aromatic heterocycles. The second-order valence-corrected chi connectivity index (χ2v) is 6.18. The van der Waals surface area contributed by atoms with E-state index in [1.165, 1.54) is 37.0 Å². The minimum absolute atomic E-state index is 0.689. The molecule has 2 atom stereocenters. The van der Waals surface area contributed by atoms with E-state index < -0.39 is 0 Å². The van der Waals surface area contributed by atoms with Gasteiger partial charge in [-0.1, -0.05) is 19.9 Å². The summed E-state index contributed by atoms with van der Waals surface area (Å²) in [4.78, 5) is 8.26. The molecule has 0 saturated carbocycles. The number of H-pyrrole nitrogens is 1. The molecule has 1 fully saturated rings. The van der Waals surface area contributed by atoms with Crippen LogP contribution in [0.25, 0.3) is 11.0 Å². The van der Waals surface area contributed by atoms with Gasteiger partial charge < -0.3 is 10.3 Å². The van der Waals surface area contributed by atoms with Gasteiger partial charge >= 0.3 is 0 Å². The predicted octanol–water partition coefficient (Wildman–Crippen LogP) is 3.30. The van der Waals surface area contributed by atoms with Crippen LogP contribution in [0, 0.1) is 11.8 Å². The molecule has 0 amide bonds. The quantitative estimate of drug-likeness (QED) is 0.895. The van der Waals surface area contributed by atoms with Crippen molar-refractivity contribution in [1.29, 1.82) is 0 Å². The molecule has 20 heavy (non-hydrogen) atoms. The summed E-state index contributed by atoms with van der Waals surface area (Å²) >= 11 is 0. The molecule has 2 unspecified atom stereocenters. The lowest BCUT2D eigenvalue weighted by Crippen LogP contribution is -2.34. The second kappa shape index (κ2) is 5.96. The van der Waals surface area contributed by atoms with Crippen molar-refractivity contribution >= 4 is 11.0 Å². The van der Waals surface area contributed by atoms with Crippen molar-refractivity contribution in [2.75, 3.05) is 13.1 Å². The van der Waals surface area contributed by atoms with E-state index in [1.807, 2.05) is 0 Å². The molecule has 2 N–H and O–H groups in total. The van der Waals surface area contributed by atoms with Gasteiger partial charge in [-0.25, -0.2) is 4.98 Å². The predicted molar refractivity (Wildman–Crippen MR) is 83.9 cm³/mol. The number of nitrogens with zero attached hydrogens (tertiary/aromatic N) is 1. The lowest BCUT2D eigenvalue weighted by Gasteiger charge is -2.27. The monoisotopic (exact) mass is 271 g/mol. The van der Waals surface area contributed by atoms with Crippen LogP contribution >= 0.6 is 0 Å². The maximum absolute atomic E-state index is 4.75. The number of rotatable bonds is 4. The second-order valence-electron chi connectivity index (χ2n) is 6.18. The molecular weight excluding hydrogens is 246 g/mol. The van der Waals surface area contributed by atoms with Crippen LogP contribution < -0.4 is 5.32 Å². The fourth-order valence-corrected chi connectivity index (χ4v) is 3.26. The number of hydrogen-bond donors (Lipinski definition) is 2. The molecule has 0 aliphatic carbocycles. The third-order valence-corrected chi connectivity index (χ3v) is 4.66. The molecule has 2 heterocycles. The van der Waals surface area contributed by atoms with E-state index in [9.17, 15) is 0 Å². The molecule has 3 heteroatoms. The zero-order valence-corrected chi connectivity index (χ0v) is 12.6. The minimum atomic E-state index is 0.689. The number of fused-ring (bicyclic) bond motifs is 1. The number of hydrogen-bond acceptors (Lipinski definition) is 2. The van der Waals surface area contributed by atoms with E-state index in [-0.39, 0.29) is 0 Å². The SMILES string of the molecule is CCc1ccc2nc(CC(C)C3CCCNC3)[nH]c2c1.